The van der Waals surface area contributed by atoms with Gasteiger partial charge in [-0.05, 0) is 48.5 Å². The van der Waals surface area contributed by atoms with Crippen molar-refractivity contribution in [2.75, 3.05) is 5.32 Å². The Kier molecular flexibility index (Phi) is 5.75. The number of carbonyl (C=O) groups excluding carboxylic acids is 2. The van der Waals surface area contributed by atoms with E-state index < -0.39 is 52.4 Å². The third-order valence-corrected chi connectivity index (χ3v) is 6.21. The number of nitrogens with one attached hydrogen (secondary N) is 3. The van der Waals surface area contributed by atoms with Gasteiger partial charge in [-0.15, -0.1) is 0 Å². The van der Waals surface area contributed by atoms with Crippen molar-refractivity contribution in [1.82, 2.24) is 10.3 Å². The average molecular weight is 534 g/mol. The standard InChI is InChI=1S/C25H13ClF5N3O3/c26-16-3-1-12(27)8-15(16)22-21-18(9-17-14(2-4-19(35)32-17)20(21)24(37)34-22)33-23(36)10-5-11(25(29,30)31)7-13(28)6-10/h1-9,22H,(H,32,35)(H,33,36)(H,34,37). The van der Waals surface area contributed by atoms with Gasteiger partial charge in [-0.25, -0.2) is 8.78 Å². The summed E-state index contributed by atoms with van der Waals surface area (Å²) in [7, 11) is 0. The van der Waals surface area contributed by atoms with E-state index in [0.717, 1.165) is 12.1 Å². The van der Waals surface area contributed by atoms with Gasteiger partial charge in [0.1, 0.15) is 11.6 Å². The zero-order valence-corrected chi connectivity index (χ0v) is 19.0. The highest BCUT2D eigenvalue weighted by molar-refractivity contribution is 6.31. The van der Waals surface area contributed by atoms with E-state index in [1.54, 1.807) is 0 Å². The fourth-order valence-electron chi connectivity index (χ4n) is 4.30. The zero-order chi connectivity index (χ0) is 26.6. The van der Waals surface area contributed by atoms with Gasteiger partial charge in [0.15, 0.2) is 0 Å². The van der Waals surface area contributed by atoms with E-state index in [-0.39, 0.29) is 39.0 Å². The second-order valence-electron chi connectivity index (χ2n) is 8.25. The first-order valence-corrected chi connectivity index (χ1v) is 10.9. The molecule has 0 aliphatic carbocycles. The summed E-state index contributed by atoms with van der Waals surface area (Å²) >= 11 is 6.26. The number of hydrogen-bond donors (Lipinski definition) is 3. The normalized spacial score (nSPS) is 15.0. The van der Waals surface area contributed by atoms with Crippen LogP contribution in [0, 0.1) is 11.6 Å². The Morgan fingerprint density at radius 2 is 1.70 bits per heavy atom. The summed E-state index contributed by atoms with van der Waals surface area (Å²) < 4.78 is 67.5. The maximum absolute atomic E-state index is 14.1. The van der Waals surface area contributed by atoms with Crippen LogP contribution in [0.4, 0.5) is 27.6 Å². The summed E-state index contributed by atoms with van der Waals surface area (Å²) in [6, 6.07) is 7.64. The molecular formula is C25H13ClF5N3O3. The smallest absolute Gasteiger partial charge is 0.341 e. The molecule has 0 saturated heterocycles. The minimum absolute atomic E-state index is 0.0320. The number of anilines is 1. The number of halogens is 6. The van der Waals surface area contributed by atoms with E-state index in [0.29, 0.717) is 17.5 Å². The molecule has 2 amide bonds. The minimum atomic E-state index is -4.91. The van der Waals surface area contributed by atoms with Crippen LogP contribution in [0.3, 0.4) is 0 Å². The van der Waals surface area contributed by atoms with Crippen LogP contribution in [0.25, 0.3) is 10.9 Å². The molecule has 2 heterocycles. The number of H-pyrrole nitrogens is 1. The molecule has 0 fully saturated rings. The monoisotopic (exact) mass is 533 g/mol. The highest BCUT2D eigenvalue weighted by Gasteiger charge is 2.37. The van der Waals surface area contributed by atoms with E-state index in [1.165, 1.54) is 24.3 Å². The van der Waals surface area contributed by atoms with Crippen molar-refractivity contribution in [1.29, 1.82) is 0 Å². The van der Waals surface area contributed by atoms with E-state index in [9.17, 15) is 36.3 Å². The van der Waals surface area contributed by atoms with E-state index >= 15 is 0 Å². The summed E-state index contributed by atoms with van der Waals surface area (Å²) in [4.78, 5) is 40.4. The summed E-state index contributed by atoms with van der Waals surface area (Å²) in [5, 5.41) is 5.46. The molecule has 6 nitrogen and oxygen atoms in total. The van der Waals surface area contributed by atoms with Gasteiger partial charge in [0, 0.05) is 38.9 Å². The molecule has 0 spiro atoms. The van der Waals surface area contributed by atoms with Gasteiger partial charge >= 0.3 is 6.18 Å². The Morgan fingerprint density at radius 1 is 0.946 bits per heavy atom. The number of pyridine rings is 1. The first-order valence-electron chi connectivity index (χ1n) is 10.6. The molecular weight excluding hydrogens is 521 g/mol. The van der Waals surface area contributed by atoms with E-state index in [4.69, 9.17) is 11.6 Å². The molecule has 3 N–H and O–H groups in total. The topological polar surface area (TPSA) is 91.1 Å². The van der Waals surface area contributed by atoms with Crippen LogP contribution >= 0.6 is 11.6 Å². The molecule has 12 heteroatoms. The van der Waals surface area contributed by atoms with Crippen molar-refractivity contribution in [2.24, 2.45) is 0 Å². The molecule has 1 aromatic heterocycles. The lowest BCUT2D eigenvalue weighted by molar-refractivity contribution is -0.137. The average Bonchev–Trinajstić information content (AvgIpc) is 3.17. The molecule has 188 valence electrons. The van der Waals surface area contributed by atoms with Gasteiger partial charge in [-0.1, -0.05) is 11.6 Å². The number of aromatic nitrogens is 1. The van der Waals surface area contributed by atoms with Crippen LogP contribution in [-0.2, 0) is 6.18 Å². The van der Waals surface area contributed by atoms with Crippen LogP contribution in [0.15, 0.2) is 59.4 Å². The van der Waals surface area contributed by atoms with Gasteiger partial charge in [-0.3, -0.25) is 14.4 Å². The number of fused-ring (bicyclic) bond motifs is 3. The maximum atomic E-state index is 14.1. The molecule has 1 unspecified atom stereocenters. The van der Waals surface area contributed by atoms with Gasteiger partial charge in [0.25, 0.3) is 11.8 Å². The molecule has 5 rings (SSSR count). The Morgan fingerprint density at radius 3 is 2.43 bits per heavy atom. The van der Waals surface area contributed by atoms with Crippen molar-refractivity contribution in [2.45, 2.75) is 12.2 Å². The third kappa shape index (κ3) is 4.42. The Labute approximate surface area is 209 Å². The minimum Gasteiger partial charge on any atom is -0.341 e. The number of carbonyl (C=O) groups is 2. The number of amides is 2. The van der Waals surface area contributed by atoms with Crippen molar-refractivity contribution in [3.8, 4) is 0 Å². The molecule has 1 aliphatic rings. The Balaban J connectivity index is 1.70. The largest absolute Gasteiger partial charge is 0.416 e. The molecule has 1 atom stereocenters. The van der Waals surface area contributed by atoms with Gasteiger partial charge in [0.2, 0.25) is 5.56 Å². The first kappa shape index (κ1) is 24.4. The number of aromatic amines is 1. The molecule has 0 radical (unpaired) electrons. The maximum Gasteiger partial charge on any atom is 0.416 e. The molecule has 3 aromatic carbocycles. The summed E-state index contributed by atoms with van der Waals surface area (Å²) in [5.74, 6) is -3.68. The van der Waals surface area contributed by atoms with Crippen LogP contribution in [0.5, 0.6) is 0 Å². The summed E-state index contributed by atoms with van der Waals surface area (Å²) in [5.41, 5.74) is -2.16. The van der Waals surface area contributed by atoms with Crippen LogP contribution < -0.4 is 16.2 Å². The fourth-order valence-corrected chi connectivity index (χ4v) is 4.52. The van der Waals surface area contributed by atoms with Gasteiger partial charge < -0.3 is 15.6 Å². The summed E-state index contributed by atoms with van der Waals surface area (Å²) in [6.45, 7) is 0. The van der Waals surface area contributed by atoms with Gasteiger partial charge in [-0.2, -0.15) is 13.2 Å². The van der Waals surface area contributed by atoms with Gasteiger partial charge in [0.05, 0.1) is 22.7 Å². The zero-order valence-electron chi connectivity index (χ0n) is 18.3. The lowest BCUT2D eigenvalue weighted by Crippen LogP contribution is -2.21. The third-order valence-electron chi connectivity index (χ3n) is 5.86. The first-order chi connectivity index (χ1) is 17.4. The van der Waals surface area contributed by atoms with E-state index in [2.05, 4.69) is 15.6 Å². The molecule has 4 aromatic rings. The van der Waals surface area contributed by atoms with Crippen LogP contribution in [0.2, 0.25) is 5.02 Å². The van der Waals surface area contributed by atoms with Crippen LogP contribution in [0.1, 0.15) is 43.4 Å². The number of rotatable bonds is 3. The summed E-state index contributed by atoms with van der Waals surface area (Å²) in [6.07, 6.45) is -4.91. The lowest BCUT2D eigenvalue weighted by Gasteiger charge is -2.19. The van der Waals surface area contributed by atoms with E-state index in [1.807, 2.05) is 0 Å². The Bertz CT molecular complexity index is 1680. The number of benzene rings is 3. The highest BCUT2D eigenvalue weighted by Crippen LogP contribution is 2.42. The quantitative estimate of drug-likeness (QED) is 0.301. The molecule has 0 saturated carbocycles. The SMILES string of the molecule is O=C(Nc1cc2[nH]c(=O)ccc2c2c1C(c1cc(F)ccc1Cl)NC2=O)c1cc(F)cc(C(F)(F)F)c1. The number of alkyl halides is 3. The van der Waals surface area contributed by atoms with Crippen molar-refractivity contribution < 1.29 is 31.5 Å². The second kappa shape index (κ2) is 8.70. The van der Waals surface area contributed by atoms with Crippen LogP contribution in [-0.4, -0.2) is 16.8 Å². The lowest BCUT2D eigenvalue weighted by atomic mass is 9.93. The Hall–Kier alpha value is -4.25. The number of hydrogen-bond acceptors (Lipinski definition) is 3. The van der Waals surface area contributed by atoms with Crippen molar-refractivity contribution >= 4 is 40.0 Å². The second-order valence-corrected chi connectivity index (χ2v) is 8.66. The van der Waals surface area contributed by atoms with Crippen molar-refractivity contribution in [3.05, 3.63) is 109 Å². The molecule has 1 aliphatic heterocycles. The molecule has 0 bridgehead atoms. The molecule has 37 heavy (non-hydrogen) atoms. The van der Waals surface area contributed by atoms with Crippen molar-refractivity contribution in [3.63, 3.8) is 0 Å². The predicted molar refractivity (Wildman–Crippen MR) is 125 cm³/mol. The predicted octanol–water partition coefficient (Wildman–Crippen LogP) is 5.56. The highest BCUT2D eigenvalue weighted by atomic mass is 35.5. The fraction of sp³-hybridized carbons (Fsp3) is 0.0800.